The number of hydrogen-bond donors (Lipinski definition) is 0. The fraction of sp³-hybridized carbons (Fsp3) is 0.474. The smallest absolute Gasteiger partial charge is 0.144 e. The molecule has 2 aromatic carbocycles. The van der Waals surface area contributed by atoms with Crippen molar-refractivity contribution < 1.29 is 24.3 Å². The van der Waals surface area contributed by atoms with Gasteiger partial charge in [-0.2, -0.15) is 0 Å². The van der Waals surface area contributed by atoms with Crippen molar-refractivity contribution in [3.63, 3.8) is 0 Å². The summed E-state index contributed by atoms with van der Waals surface area (Å²) in [6, 6.07) is 13.8. The maximum absolute atomic E-state index is 6.07. The minimum Gasteiger partial charge on any atom is -0.362 e. The first-order valence-electron chi connectivity index (χ1n) is 16.5. The summed E-state index contributed by atoms with van der Waals surface area (Å²) < 4.78 is 12.1. The van der Waals surface area contributed by atoms with Gasteiger partial charge < -0.3 is 9.47 Å². The van der Waals surface area contributed by atoms with Crippen molar-refractivity contribution in [3.05, 3.63) is 94.1 Å². The highest BCUT2D eigenvalue weighted by atomic mass is 17.5. The van der Waals surface area contributed by atoms with Gasteiger partial charge in [-0.25, -0.2) is 9.78 Å². The third-order valence-corrected chi connectivity index (χ3v) is 10.3. The van der Waals surface area contributed by atoms with E-state index in [-0.39, 0.29) is 13.2 Å². The van der Waals surface area contributed by atoms with E-state index in [9.17, 15) is 0 Å². The second-order valence-electron chi connectivity index (χ2n) is 13.2. The summed E-state index contributed by atoms with van der Waals surface area (Å²) in [6.45, 7) is 1.80. The number of ether oxygens (including phenoxy) is 2. The Bertz CT molecular complexity index is 1400. The van der Waals surface area contributed by atoms with Crippen LogP contribution in [0.25, 0.3) is 22.3 Å². The van der Waals surface area contributed by atoms with Gasteiger partial charge in [0.1, 0.15) is 24.4 Å². The predicted molar refractivity (Wildman–Crippen MR) is 168 cm³/mol. The molecule has 0 N–H and O–H groups in total. The summed E-state index contributed by atoms with van der Waals surface area (Å²) >= 11 is 0. The molecule has 0 saturated carbocycles. The van der Waals surface area contributed by atoms with Crippen LogP contribution in [0.15, 0.2) is 60.7 Å². The van der Waals surface area contributed by atoms with E-state index in [2.05, 4.69) is 60.7 Å². The second-order valence-corrected chi connectivity index (χ2v) is 13.2. The number of benzene rings is 2. The number of hydrogen-bond acceptors (Lipinski definition) is 5. The summed E-state index contributed by atoms with van der Waals surface area (Å²) in [7, 11) is 0. The van der Waals surface area contributed by atoms with Gasteiger partial charge in [0.2, 0.25) is 0 Å². The molecule has 2 heterocycles. The third-order valence-electron chi connectivity index (χ3n) is 10.3. The normalized spacial score (nSPS) is 27.7. The average Bonchev–Trinajstić information content (AvgIpc) is 3.58. The zero-order valence-electron chi connectivity index (χ0n) is 25.1. The van der Waals surface area contributed by atoms with Gasteiger partial charge in [-0.1, -0.05) is 53.6 Å². The van der Waals surface area contributed by atoms with E-state index in [1.165, 1.54) is 107 Å². The van der Waals surface area contributed by atoms with Crippen LogP contribution in [-0.4, -0.2) is 26.4 Å². The molecule has 5 nitrogen and oxygen atoms in total. The molecule has 43 heavy (non-hydrogen) atoms. The van der Waals surface area contributed by atoms with Gasteiger partial charge in [0.15, 0.2) is 0 Å². The number of rotatable bonds is 12. The molecule has 2 unspecified atom stereocenters. The van der Waals surface area contributed by atoms with E-state index in [0.717, 1.165) is 25.7 Å². The molecule has 5 heteroatoms. The van der Waals surface area contributed by atoms with E-state index in [4.69, 9.17) is 24.3 Å². The largest absolute Gasteiger partial charge is 0.362 e. The molecule has 0 spiro atoms. The zero-order chi connectivity index (χ0) is 28.7. The maximum atomic E-state index is 6.07. The summed E-state index contributed by atoms with van der Waals surface area (Å²) in [4.78, 5) is 11.4. The van der Waals surface area contributed by atoms with Crippen LogP contribution in [0.1, 0.15) is 110 Å². The van der Waals surface area contributed by atoms with Crippen LogP contribution in [0.2, 0.25) is 0 Å². The topological polar surface area (TPSA) is 52.8 Å². The first-order valence-corrected chi connectivity index (χ1v) is 16.5. The number of epoxide rings is 2. The highest BCUT2D eigenvalue weighted by molar-refractivity contribution is 5.78. The fourth-order valence-electron chi connectivity index (χ4n) is 7.59. The monoisotopic (exact) mass is 578 g/mol. The summed E-state index contributed by atoms with van der Waals surface area (Å²) in [6.07, 6.45) is 23.7. The van der Waals surface area contributed by atoms with Crippen molar-refractivity contribution in [2.75, 3.05) is 26.4 Å². The van der Waals surface area contributed by atoms with Gasteiger partial charge in [0, 0.05) is 0 Å². The third kappa shape index (κ3) is 5.51. The highest BCUT2D eigenvalue weighted by Gasteiger charge is 2.51. The lowest BCUT2D eigenvalue weighted by molar-refractivity contribution is -0.518. The van der Waals surface area contributed by atoms with Crippen LogP contribution in [-0.2, 0) is 35.5 Å². The average molecular weight is 579 g/mol. The van der Waals surface area contributed by atoms with Crippen LogP contribution in [0, 0.1) is 0 Å². The molecule has 8 rings (SSSR count). The molecule has 0 radical (unpaired) electrons. The maximum Gasteiger partial charge on any atom is 0.144 e. The fourth-order valence-corrected chi connectivity index (χ4v) is 7.59. The van der Waals surface area contributed by atoms with Crippen molar-refractivity contribution in [2.24, 2.45) is 0 Å². The minimum absolute atomic E-state index is 0.283. The molecule has 2 aliphatic heterocycles. The van der Waals surface area contributed by atoms with Crippen molar-refractivity contribution >= 4 is 22.3 Å². The summed E-state index contributed by atoms with van der Waals surface area (Å²) in [5.74, 6) is 0. The Labute approximate surface area is 255 Å². The molecule has 2 atom stereocenters. The molecule has 2 saturated heterocycles. The summed E-state index contributed by atoms with van der Waals surface area (Å²) in [5.41, 5.74) is 12.5. The Balaban J connectivity index is 0.938. The van der Waals surface area contributed by atoms with Gasteiger partial charge in [-0.15, -0.1) is 0 Å². The Morgan fingerprint density at radius 3 is 1.28 bits per heavy atom. The number of allylic oxidation sites excluding steroid dienone is 8. The first kappa shape index (κ1) is 27.7. The molecule has 0 bridgehead atoms. The van der Waals surface area contributed by atoms with Crippen molar-refractivity contribution in [2.45, 2.75) is 88.3 Å². The van der Waals surface area contributed by atoms with Gasteiger partial charge in [0.25, 0.3) is 0 Å². The molecule has 2 aromatic rings. The highest BCUT2D eigenvalue weighted by Crippen LogP contribution is 2.47. The SMILES string of the molecule is C1=C(c2ccc(C3(COOOCC4(c5ccc(C6=CCCC6)cc5C5=CCCC5)CO4)CO3)c(C3=CCCC3)c2)CCC1. The van der Waals surface area contributed by atoms with Crippen LogP contribution >= 0.6 is 0 Å². The van der Waals surface area contributed by atoms with Crippen LogP contribution in [0.3, 0.4) is 0 Å². The molecule has 2 fully saturated rings. The standard InChI is InChI=1S/C38H42O5/c1-2-10-27(9-1)31-17-19-35(33(21-31)29-13-5-6-14-29)37(23-39-37)25-41-43-42-26-38(24-40-38)36-20-18-32(28-11-3-4-12-28)22-34(36)30-15-7-8-16-30/h9,11,13,15,17-22H,1-8,10,12,14,16,23-26H2. The lowest BCUT2D eigenvalue weighted by Crippen LogP contribution is -2.22. The van der Waals surface area contributed by atoms with Crippen LogP contribution in [0.5, 0.6) is 0 Å². The van der Waals surface area contributed by atoms with Crippen molar-refractivity contribution in [3.8, 4) is 0 Å². The lowest BCUT2D eigenvalue weighted by atomic mass is 9.88. The molecular weight excluding hydrogens is 536 g/mol. The van der Waals surface area contributed by atoms with E-state index in [1.807, 2.05) is 0 Å². The molecule has 6 aliphatic rings. The Morgan fingerprint density at radius 2 is 0.930 bits per heavy atom. The van der Waals surface area contributed by atoms with E-state index < -0.39 is 11.2 Å². The van der Waals surface area contributed by atoms with Gasteiger partial charge in [-0.3, -0.25) is 0 Å². The molecular formula is C38H42O5. The predicted octanol–water partition coefficient (Wildman–Crippen LogP) is 8.99. The summed E-state index contributed by atoms with van der Waals surface area (Å²) in [5, 5.41) is 5.36. The second kappa shape index (κ2) is 11.6. The van der Waals surface area contributed by atoms with Crippen LogP contribution in [0.4, 0.5) is 0 Å². The van der Waals surface area contributed by atoms with E-state index in [0.29, 0.717) is 13.2 Å². The molecule has 0 amide bonds. The minimum atomic E-state index is -0.495. The Morgan fingerprint density at radius 1 is 0.535 bits per heavy atom. The molecule has 4 aliphatic carbocycles. The van der Waals surface area contributed by atoms with Crippen molar-refractivity contribution in [1.82, 2.24) is 0 Å². The van der Waals surface area contributed by atoms with Gasteiger partial charge in [-0.05, 0) is 145 Å². The van der Waals surface area contributed by atoms with E-state index in [1.54, 1.807) is 0 Å². The van der Waals surface area contributed by atoms with Gasteiger partial charge >= 0.3 is 0 Å². The van der Waals surface area contributed by atoms with E-state index >= 15 is 0 Å². The molecule has 0 aromatic heterocycles. The first-order chi connectivity index (χ1) is 21.2. The molecule has 224 valence electrons. The van der Waals surface area contributed by atoms with Crippen LogP contribution < -0.4 is 0 Å². The lowest BCUT2D eigenvalue weighted by Gasteiger charge is -2.20. The van der Waals surface area contributed by atoms with Crippen molar-refractivity contribution in [1.29, 1.82) is 0 Å². The van der Waals surface area contributed by atoms with Gasteiger partial charge in [0.05, 0.1) is 13.2 Å². The zero-order valence-corrected chi connectivity index (χ0v) is 25.1. The Kier molecular flexibility index (Phi) is 7.48. The quantitative estimate of drug-likeness (QED) is 0.109. The Hall–Kier alpha value is -2.80.